The Morgan fingerprint density at radius 3 is 2.50 bits per heavy atom. The van der Waals surface area contributed by atoms with Crippen LogP contribution in [0.4, 0.5) is 11.6 Å². The van der Waals surface area contributed by atoms with Crippen LogP contribution in [0.25, 0.3) is 0 Å². The number of hydrogen-bond donors (Lipinski definition) is 2. The third-order valence-electron chi connectivity index (χ3n) is 0.941. The summed E-state index contributed by atoms with van der Waals surface area (Å²) in [7, 11) is 1.78. The summed E-state index contributed by atoms with van der Waals surface area (Å²) in [5, 5.41) is 10.2. The highest BCUT2D eigenvalue weighted by Gasteiger charge is 1.87. The van der Waals surface area contributed by atoms with E-state index in [1.807, 2.05) is 0 Å². The molecule has 0 aliphatic carbocycles. The molecule has 4 nitrogen and oxygen atoms in total. The van der Waals surface area contributed by atoms with Gasteiger partial charge in [0.05, 0.1) is 0 Å². The fourth-order valence-corrected chi connectivity index (χ4v) is 0.476. The van der Waals surface area contributed by atoms with Gasteiger partial charge in [0, 0.05) is 7.05 Å². The molecule has 1 heterocycles. The molecule has 0 saturated carbocycles. The van der Waals surface area contributed by atoms with Crippen molar-refractivity contribution in [2.24, 2.45) is 0 Å². The van der Waals surface area contributed by atoms with Crippen LogP contribution in [0.1, 0.15) is 0 Å². The van der Waals surface area contributed by atoms with Crippen molar-refractivity contribution < 1.29 is 0 Å². The largest absolute Gasteiger partial charge is 0.382 e. The Bertz CT molecular complexity index is 185. The highest BCUT2D eigenvalue weighted by atomic mass is 35.5. The van der Waals surface area contributed by atoms with Gasteiger partial charge in [-0.25, -0.2) is 0 Å². The monoisotopic (exact) mass is 160 g/mol. The zero-order chi connectivity index (χ0) is 6.69. The molecule has 0 aliphatic rings. The first-order chi connectivity index (χ1) is 4.33. The first-order valence-corrected chi connectivity index (χ1v) is 2.60. The molecule has 10 heavy (non-hydrogen) atoms. The lowest BCUT2D eigenvalue weighted by Gasteiger charge is -1.94. The first-order valence-electron chi connectivity index (χ1n) is 2.60. The molecule has 0 spiro atoms. The molecule has 0 amide bonds. The molecule has 5 heteroatoms. The molecule has 56 valence electrons. The molecule has 0 atom stereocenters. The van der Waals surface area contributed by atoms with E-state index in [2.05, 4.69) is 15.5 Å². The molecular weight excluding hydrogens is 152 g/mol. The van der Waals surface area contributed by atoms with E-state index in [-0.39, 0.29) is 12.4 Å². The van der Waals surface area contributed by atoms with Crippen molar-refractivity contribution in [2.75, 3.05) is 18.1 Å². The van der Waals surface area contributed by atoms with Crippen LogP contribution in [-0.2, 0) is 0 Å². The minimum absolute atomic E-state index is 0. The summed E-state index contributed by atoms with van der Waals surface area (Å²) < 4.78 is 0. The van der Waals surface area contributed by atoms with Gasteiger partial charge in [0.15, 0.2) is 0 Å². The predicted octanol–water partition coefficient (Wildman–Crippen LogP) is 0.522. The zero-order valence-electron chi connectivity index (χ0n) is 5.53. The number of nitrogens with zero attached hydrogens (tertiary/aromatic N) is 2. The van der Waals surface area contributed by atoms with Gasteiger partial charge in [-0.1, -0.05) is 0 Å². The third kappa shape index (κ3) is 2.06. The van der Waals surface area contributed by atoms with Crippen LogP contribution in [0.2, 0.25) is 0 Å². The van der Waals surface area contributed by atoms with Gasteiger partial charge in [-0.05, 0) is 12.1 Å². The third-order valence-corrected chi connectivity index (χ3v) is 0.941. The molecule has 0 fully saturated rings. The number of halogens is 1. The summed E-state index contributed by atoms with van der Waals surface area (Å²) in [6, 6.07) is 3.46. The molecular formula is C5H9ClN4. The van der Waals surface area contributed by atoms with E-state index in [4.69, 9.17) is 5.73 Å². The number of nitrogens with one attached hydrogen (secondary N) is 1. The summed E-state index contributed by atoms with van der Waals surface area (Å²) in [6.07, 6.45) is 0. The molecule has 0 aliphatic heterocycles. The molecule has 0 aromatic carbocycles. The van der Waals surface area contributed by atoms with E-state index in [0.717, 1.165) is 5.82 Å². The van der Waals surface area contributed by atoms with Crippen LogP contribution in [0.3, 0.4) is 0 Å². The highest BCUT2D eigenvalue weighted by Crippen LogP contribution is 1.99. The maximum Gasteiger partial charge on any atom is 0.148 e. The quantitative estimate of drug-likeness (QED) is 0.629. The van der Waals surface area contributed by atoms with Gasteiger partial charge in [-0.2, -0.15) is 0 Å². The van der Waals surface area contributed by atoms with Crippen LogP contribution in [0.5, 0.6) is 0 Å². The SMILES string of the molecule is CNc1ccc(N)nn1.Cl. The van der Waals surface area contributed by atoms with Crippen LogP contribution in [0.15, 0.2) is 12.1 Å². The van der Waals surface area contributed by atoms with E-state index in [9.17, 15) is 0 Å². The Hall–Kier alpha value is -1.03. The van der Waals surface area contributed by atoms with Gasteiger partial charge in [-0.15, -0.1) is 22.6 Å². The minimum atomic E-state index is 0. The fraction of sp³-hybridized carbons (Fsp3) is 0.200. The minimum Gasteiger partial charge on any atom is -0.382 e. The number of rotatable bonds is 1. The predicted molar refractivity (Wildman–Crippen MR) is 43.2 cm³/mol. The first kappa shape index (κ1) is 8.97. The van der Waals surface area contributed by atoms with Crippen LogP contribution >= 0.6 is 12.4 Å². The highest BCUT2D eigenvalue weighted by molar-refractivity contribution is 5.85. The Balaban J connectivity index is 0.000000810. The number of hydrogen-bond acceptors (Lipinski definition) is 4. The Kier molecular flexibility index (Phi) is 3.49. The van der Waals surface area contributed by atoms with E-state index in [1.54, 1.807) is 19.2 Å². The van der Waals surface area contributed by atoms with Crippen molar-refractivity contribution in [3.8, 4) is 0 Å². The van der Waals surface area contributed by atoms with Gasteiger partial charge < -0.3 is 11.1 Å². The number of aromatic nitrogens is 2. The summed E-state index contributed by atoms with van der Waals surface area (Å²) >= 11 is 0. The second-order valence-corrected chi connectivity index (χ2v) is 1.59. The smallest absolute Gasteiger partial charge is 0.148 e. The molecule has 1 aromatic heterocycles. The number of nitrogens with two attached hydrogens (primary N) is 1. The maximum atomic E-state index is 5.28. The van der Waals surface area contributed by atoms with Crippen LogP contribution < -0.4 is 11.1 Å². The average molecular weight is 161 g/mol. The Morgan fingerprint density at radius 1 is 1.40 bits per heavy atom. The van der Waals surface area contributed by atoms with Gasteiger partial charge >= 0.3 is 0 Å². The molecule has 1 rings (SSSR count). The summed E-state index contributed by atoms with van der Waals surface area (Å²) in [5.41, 5.74) is 5.28. The Morgan fingerprint density at radius 2 is 2.10 bits per heavy atom. The molecule has 1 aromatic rings. The zero-order valence-corrected chi connectivity index (χ0v) is 6.35. The summed E-state index contributed by atoms with van der Waals surface area (Å²) in [6.45, 7) is 0. The van der Waals surface area contributed by atoms with Crippen molar-refractivity contribution >= 4 is 24.0 Å². The van der Waals surface area contributed by atoms with Gasteiger partial charge in [-0.3, -0.25) is 0 Å². The van der Waals surface area contributed by atoms with Gasteiger partial charge in [0.2, 0.25) is 0 Å². The van der Waals surface area contributed by atoms with E-state index < -0.39 is 0 Å². The summed E-state index contributed by atoms with van der Waals surface area (Å²) in [5.74, 6) is 1.17. The van der Waals surface area contributed by atoms with E-state index in [0.29, 0.717) is 5.82 Å². The average Bonchev–Trinajstić information content (AvgIpc) is 1.90. The van der Waals surface area contributed by atoms with Crippen molar-refractivity contribution in [3.05, 3.63) is 12.1 Å². The van der Waals surface area contributed by atoms with E-state index in [1.165, 1.54) is 0 Å². The Labute approximate surface area is 65.2 Å². The number of nitrogen functional groups attached to an aromatic ring is 1. The lowest BCUT2D eigenvalue weighted by Crippen LogP contribution is -1.96. The normalized spacial score (nSPS) is 8.10. The fourth-order valence-electron chi connectivity index (χ4n) is 0.476. The van der Waals surface area contributed by atoms with E-state index >= 15 is 0 Å². The van der Waals surface area contributed by atoms with Gasteiger partial charge in [0.1, 0.15) is 11.6 Å². The van der Waals surface area contributed by atoms with Crippen molar-refractivity contribution in [1.82, 2.24) is 10.2 Å². The lowest BCUT2D eigenvalue weighted by molar-refractivity contribution is 1.04. The second-order valence-electron chi connectivity index (χ2n) is 1.59. The van der Waals surface area contributed by atoms with Crippen molar-refractivity contribution in [1.29, 1.82) is 0 Å². The van der Waals surface area contributed by atoms with Crippen LogP contribution in [-0.4, -0.2) is 17.2 Å². The molecule has 0 saturated heterocycles. The van der Waals surface area contributed by atoms with Gasteiger partial charge in [0.25, 0.3) is 0 Å². The van der Waals surface area contributed by atoms with Crippen molar-refractivity contribution in [2.45, 2.75) is 0 Å². The number of anilines is 2. The lowest BCUT2D eigenvalue weighted by atomic mass is 10.5. The summed E-state index contributed by atoms with van der Waals surface area (Å²) in [4.78, 5) is 0. The van der Waals surface area contributed by atoms with Crippen molar-refractivity contribution in [3.63, 3.8) is 0 Å². The maximum absolute atomic E-state index is 5.28. The molecule has 0 radical (unpaired) electrons. The molecule has 0 unspecified atom stereocenters. The van der Waals surface area contributed by atoms with Crippen LogP contribution in [0, 0.1) is 0 Å². The topological polar surface area (TPSA) is 63.8 Å². The molecule has 3 N–H and O–H groups in total. The standard InChI is InChI=1S/C5H8N4.ClH/c1-7-5-3-2-4(6)8-9-5;/h2-3H,1H3,(H2,6,8)(H,7,9);1H. The molecule has 0 bridgehead atoms. The second kappa shape index (κ2) is 3.90.